The summed E-state index contributed by atoms with van der Waals surface area (Å²) in [4.78, 5) is 12.5. The van der Waals surface area contributed by atoms with Gasteiger partial charge in [0.25, 0.3) is 0 Å². The van der Waals surface area contributed by atoms with E-state index in [4.69, 9.17) is 5.73 Å². The Kier molecular flexibility index (Phi) is 3.47. The third kappa shape index (κ3) is 2.55. The first-order valence-corrected chi connectivity index (χ1v) is 6.87. The third-order valence-electron chi connectivity index (χ3n) is 2.95. The summed E-state index contributed by atoms with van der Waals surface area (Å²) in [6, 6.07) is 9.79. The second-order valence-corrected chi connectivity index (χ2v) is 5.15. The Morgan fingerprint density at radius 3 is 2.85 bits per heavy atom. The van der Waals surface area contributed by atoms with E-state index in [-0.39, 0.29) is 0 Å². The summed E-state index contributed by atoms with van der Waals surface area (Å²) < 4.78 is 1.06. The molecule has 6 heteroatoms. The van der Waals surface area contributed by atoms with E-state index in [0.717, 1.165) is 26.8 Å². The molecule has 0 saturated carbocycles. The first kappa shape index (κ1) is 12.8. The third-order valence-corrected chi connectivity index (χ3v) is 3.72. The Morgan fingerprint density at radius 2 is 2.00 bits per heavy atom. The van der Waals surface area contributed by atoms with Crippen LogP contribution in [-0.2, 0) is 6.54 Å². The quantitative estimate of drug-likeness (QED) is 0.772. The smallest absolute Gasteiger partial charge is 0.139 e. The van der Waals surface area contributed by atoms with E-state index >= 15 is 0 Å². The Morgan fingerprint density at radius 1 is 1.15 bits per heavy atom. The summed E-state index contributed by atoms with van der Waals surface area (Å²) in [6.45, 7) is 0.665. The second-order valence-electron chi connectivity index (χ2n) is 4.29. The van der Waals surface area contributed by atoms with Crippen molar-refractivity contribution < 1.29 is 0 Å². The van der Waals surface area contributed by atoms with Gasteiger partial charge in [-0.25, -0.2) is 15.0 Å². The molecule has 100 valence electrons. The van der Waals surface area contributed by atoms with Crippen LogP contribution in [0.15, 0.2) is 47.3 Å². The standard InChI is InChI=1S/C14H12BrN5/c15-11-4-2-1-3-9(11)6-18-14-10-7-17-13(16)5-12(10)19-8-20-14/h1-5,7-8H,6H2,(H2,16,17)(H,18,19,20). The average Bonchev–Trinajstić information content (AvgIpc) is 2.46. The number of nitrogens with two attached hydrogens (primary N) is 1. The lowest BCUT2D eigenvalue weighted by atomic mass is 10.2. The normalized spacial score (nSPS) is 10.7. The highest BCUT2D eigenvalue weighted by Crippen LogP contribution is 2.21. The van der Waals surface area contributed by atoms with Crippen molar-refractivity contribution in [2.75, 3.05) is 11.1 Å². The highest BCUT2D eigenvalue weighted by Gasteiger charge is 2.05. The van der Waals surface area contributed by atoms with Crippen molar-refractivity contribution in [1.82, 2.24) is 15.0 Å². The molecule has 5 nitrogen and oxygen atoms in total. The summed E-state index contributed by atoms with van der Waals surface area (Å²) >= 11 is 3.53. The number of hydrogen-bond donors (Lipinski definition) is 2. The van der Waals surface area contributed by atoms with Crippen molar-refractivity contribution >= 4 is 38.5 Å². The largest absolute Gasteiger partial charge is 0.384 e. The maximum Gasteiger partial charge on any atom is 0.139 e. The summed E-state index contributed by atoms with van der Waals surface area (Å²) in [6.07, 6.45) is 3.21. The fourth-order valence-corrected chi connectivity index (χ4v) is 2.35. The Labute approximate surface area is 124 Å². The molecule has 2 heterocycles. The molecule has 0 radical (unpaired) electrons. The molecule has 3 N–H and O–H groups in total. The van der Waals surface area contributed by atoms with Gasteiger partial charge in [0.15, 0.2) is 0 Å². The SMILES string of the molecule is Nc1cc2ncnc(NCc3ccccc3Br)c2cn1. The van der Waals surface area contributed by atoms with Gasteiger partial charge in [0.05, 0.1) is 10.9 Å². The van der Waals surface area contributed by atoms with Crippen LogP contribution in [0, 0.1) is 0 Å². The van der Waals surface area contributed by atoms with Crippen molar-refractivity contribution in [1.29, 1.82) is 0 Å². The van der Waals surface area contributed by atoms with Crippen LogP contribution < -0.4 is 11.1 Å². The highest BCUT2D eigenvalue weighted by atomic mass is 79.9. The van der Waals surface area contributed by atoms with Crippen LogP contribution >= 0.6 is 15.9 Å². The number of hydrogen-bond acceptors (Lipinski definition) is 5. The minimum Gasteiger partial charge on any atom is -0.384 e. The number of aromatic nitrogens is 3. The van der Waals surface area contributed by atoms with Gasteiger partial charge >= 0.3 is 0 Å². The lowest BCUT2D eigenvalue weighted by Crippen LogP contribution is -2.03. The van der Waals surface area contributed by atoms with E-state index in [0.29, 0.717) is 12.4 Å². The number of rotatable bonds is 3. The molecule has 0 unspecified atom stereocenters. The van der Waals surface area contributed by atoms with Gasteiger partial charge in [-0.15, -0.1) is 0 Å². The number of nitrogens with one attached hydrogen (secondary N) is 1. The first-order chi connectivity index (χ1) is 9.74. The number of pyridine rings is 1. The molecule has 0 aliphatic carbocycles. The lowest BCUT2D eigenvalue weighted by molar-refractivity contribution is 1.09. The summed E-state index contributed by atoms with van der Waals surface area (Å²) in [5.74, 6) is 1.20. The molecule has 0 saturated heterocycles. The minimum absolute atomic E-state index is 0.452. The molecule has 20 heavy (non-hydrogen) atoms. The number of nitrogen functional groups attached to an aromatic ring is 1. The van der Waals surface area contributed by atoms with Gasteiger partial charge in [-0.2, -0.15) is 0 Å². The maximum atomic E-state index is 5.66. The highest BCUT2D eigenvalue weighted by molar-refractivity contribution is 9.10. The van der Waals surface area contributed by atoms with Crippen LogP contribution in [0.5, 0.6) is 0 Å². The Balaban J connectivity index is 1.90. The zero-order chi connectivity index (χ0) is 13.9. The molecule has 3 rings (SSSR count). The van der Waals surface area contributed by atoms with Crippen molar-refractivity contribution in [2.24, 2.45) is 0 Å². The van der Waals surface area contributed by atoms with Crippen LogP contribution in [-0.4, -0.2) is 15.0 Å². The average molecular weight is 330 g/mol. The van der Waals surface area contributed by atoms with Crippen LogP contribution in [0.3, 0.4) is 0 Å². The van der Waals surface area contributed by atoms with Gasteiger partial charge in [-0.3, -0.25) is 0 Å². The summed E-state index contributed by atoms with van der Waals surface area (Å²) in [5, 5.41) is 4.16. The fraction of sp³-hybridized carbons (Fsp3) is 0.0714. The monoisotopic (exact) mass is 329 g/mol. The maximum absolute atomic E-state index is 5.66. The fourth-order valence-electron chi connectivity index (χ4n) is 1.93. The predicted octanol–water partition coefficient (Wildman–Crippen LogP) is 2.98. The molecule has 0 atom stereocenters. The zero-order valence-electron chi connectivity index (χ0n) is 10.5. The molecular formula is C14H12BrN5. The topological polar surface area (TPSA) is 76.7 Å². The van der Waals surface area contributed by atoms with Gasteiger partial charge in [-0.1, -0.05) is 34.1 Å². The lowest BCUT2D eigenvalue weighted by Gasteiger charge is -2.09. The van der Waals surface area contributed by atoms with Crippen LogP contribution in [0.4, 0.5) is 11.6 Å². The number of fused-ring (bicyclic) bond motifs is 1. The van der Waals surface area contributed by atoms with E-state index in [2.05, 4.69) is 42.3 Å². The van der Waals surface area contributed by atoms with E-state index in [1.807, 2.05) is 18.2 Å². The van der Waals surface area contributed by atoms with Gasteiger partial charge < -0.3 is 11.1 Å². The number of halogens is 1. The molecule has 0 aliphatic rings. The van der Waals surface area contributed by atoms with Gasteiger partial charge in [-0.05, 0) is 11.6 Å². The van der Waals surface area contributed by atoms with E-state index in [1.165, 1.54) is 6.33 Å². The molecule has 1 aromatic carbocycles. The molecule has 0 amide bonds. The number of benzene rings is 1. The van der Waals surface area contributed by atoms with Crippen molar-refractivity contribution in [3.63, 3.8) is 0 Å². The molecular weight excluding hydrogens is 318 g/mol. The van der Waals surface area contributed by atoms with E-state index in [9.17, 15) is 0 Å². The van der Waals surface area contributed by atoms with Crippen LogP contribution in [0.1, 0.15) is 5.56 Å². The molecule has 2 aromatic heterocycles. The van der Waals surface area contributed by atoms with Gasteiger partial charge in [0, 0.05) is 23.3 Å². The Hall–Kier alpha value is -2.21. The summed E-state index contributed by atoms with van der Waals surface area (Å²) in [7, 11) is 0. The van der Waals surface area contributed by atoms with Crippen LogP contribution in [0.25, 0.3) is 10.9 Å². The predicted molar refractivity (Wildman–Crippen MR) is 83.2 cm³/mol. The molecule has 0 bridgehead atoms. The van der Waals surface area contributed by atoms with Gasteiger partial charge in [0.2, 0.25) is 0 Å². The number of anilines is 2. The zero-order valence-corrected chi connectivity index (χ0v) is 12.1. The number of nitrogens with zero attached hydrogens (tertiary/aromatic N) is 3. The second kappa shape index (κ2) is 5.42. The first-order valence-electron chi connectivity index (χ1n) is 6.07. The molecule has 0 aliphatic heterocycles. The van der Waals surface area contributed by atoms with E-state index in [1.54, 1.807) is 12.3 Å². The van der Waals surface area contributed by atoms with Gasteiger partial charge in [0.1, 0.15) is 18.0 Å². The van der Waals surface area contributed by atoms with Crippen molar-refractivity contribution in [3.8, 4) is 0 Å². The molecule has 0 spiro atoms. The molecule has 0 fully saturated rings. The van der Waals surface area contributed by atoms with Crippen LogP contribution in [0.2, 0.25) is 0 Å². The van der Waals surface area contributed by atoms with Crippen molar-refractivity contribution in [2.45, 2.75) is 6.54 Å². The summed E-state index contributed by atoms with van der Waals surface area (Å²) in [5.41, 5.74) is 7.60. The minimum atomic E-state index is 0.452. The Bertz CT molecular complexity index is 759. The van der Waals surface area contributed by atoms with Crippen molar-refractivity contribution in [3.05, 3.63) is 52.9 Å². The molecule has 3 aromatic rings. The van der Waals surface area contributed by atoms with E-state index < -0.39 is 0 Å².